The molecule has 0 radical (unpaired) electrons. The van der Waals surface area contributed by atoms with Gasteiger partial charge in [0.15, 0.2) is 11.5 Å². The second kappa shape index (κ2) is 7.62. The zero-order valence-corrected chi connectivity index (χ0v) is 14.7. The van der Waals surface area contributed by atoms with E-state index >= 15 is 0 Å². The van der Waals surface area contributed by atoms with Crippen molar-refractivity contribution in [3.8, 4) is 11.5 Å². The number of likely N-dealkylation sites (tertiary alicyclic amines) is 1. The van der Waals surface area contributed by atoms with Gasteiger partial charge in [0, 0.05) is 4.90 Å². The van der Waals surface area contributed by atoms with Crippen molar-refractivity contribution in [2.24, 2.45) is 0 Å². The average Bonchev–Trinajstić information content (AvgIpc) is 2.58. The first kappa shape index (κ1) is 16.7. The Kier molecular flexibility index (Phi) is 5.30. The maximum Gasteiger partial charge on any atom is 0.227 e. The number of hydrogen-bond acceptors (Lipinski definition) is 4. The first-order chi connectivity index (χ1) is 11.7. The highest BCUT2D eigenvalue weighted by Gasteiger charge is 2.32. The van der Waals surface area contributed by atoms with E-state index in [0.717, 1.165) is 17.1 Å². The van der Waals surface area contributed by atoms with Crippen LogP contribution in [0.5, 0.6) is 11.5 Å². The molecular formula is C19H21NO3S. The van der Waals surface area contributed by atoms with Crippen LogP contribution in [0.3, 0.4) is 0 Å². The molecule has 2 aromatic carbocycles. The molecule has 1 heterocycles. The summed E-state index contributed by atoms with van der Waals surface area (Å²) in [5.74, 6) is 1.59. The summed E-state index contributed by atoms with van der Waals surface area (Å²) in [5.41, 5.74) is 1.06. The second-order valence-electron chi connectivity index (χ2n) is 5.72. The highest BCUT2D eigenvalue weighted by Crippen LogP contribution is 2.28. The van der Waals surface area contributed by atoms with E-state index < -0.39 is 0 Å². The van der Waals surface area contributed by atoms with E-state index in [1.54, 1.807) is 18.9 Å². The molecule has 0 spiro atoms. The van der Waals surface area contributed by atoms with E-state index in [1.165, 1.54) is 4.90 Å². The Labute approximate surface area is 146 Å². The smallest absolute Gasteiger partial charge is 0.227 e. The fourth-order valence-electron chi connectivity index (χ4n) is 2.68. The lowest BCUT2D eigenvalue weighted by molar-refractivity contribution is -0.139. The topological polar surface area (TPSA) is 38.8 Å². The molecule has 4 nitrogen and oxygen atoms in total. The van der Waals surface area contributed by atoms with Crippen LogP contribution in [-0.4, -0.2) is 43.4 Å². The van der Waals surface area contributed by atoms with Crippen molar-refractivity contribution in [1.82, 2.24) is 4.90 Å². The second-order valence-corrected chi connectivity index (χ2v) is 6.60. The van der Waals surface area contributed by atoms with E-state index in [4.69, 9.17) is 9.47 Å². The molecule has 2 aromatic rings. The zero-order chi connectivity index (χ0) is 16.9. The third kappa shape index (κ3) is 3.85. The predicted octanol–water partition coefficient (Wildman–Crippen LogP) is 3.25. The van der Waals surface area contributed by atoms with Crippen molar-refractivity contribution < 1.29 is 14.3 Å². The molecule has 126 valence electrons. The summed E-state index contributed by atoms with van der Waals surface area (Å²) >= 11 is 1.69. The van der Waals surface area contributed by atoms with Crippen LogP contribution in [0, 0.1) is 0 Å². The molecule has 0 unspecified atom stereocenters. The molecule has 1 saturated heterocycles. The molecule has 1 amide bonds. The van der Waals surface area contributed by atoms with Crippen LogP contribution in [0.25, 0.3) is 0 Å². The van der Waals surface area contributed by atoms with Gasteiger partial charge in [-0.25, -0.2) is 0 Å². The van der Waals surface area contributed by atoms with Gasteiger partial charge in [-0.05, 0) is 36.1 Å². The maximum absolute atomic E-state index is 12.4. The number of ether oxygens (including phenoxy) is 2. The van der Waals surface area contributed by atoms with E-state index in [0.29, 0.717) is 19.5 Å². The number of carbonyl (C=O) groups excluding carboxylic acids is 1. The highest BCUT2D eigenvalue weighted by atomic mass is 32.2. The lowest BCUT2D eigenvalue weighted by Gasteiger charge is -2.39. The van der Waals surface area contributed by atoms with Gasteiger partial charge in [0.25, 0.3) is 0 Å². The van der Waals surface area contributed by atoms with E-state index in [-0.39, 0.29) is 12.0 Å². The Morgan fingerprint density at radius 2 is 1.92 bits per heavy atom. The molecule has 1 fully saturated rings. The molecule has 1 aliphatic heterocycles. The van der Waals surface area contributed by atoms with Gasteiger partial charge in [0.1, 0.15) is 6.10 Å². The number of rotatable bonds is 6. The Bertz CT molecular complexity index is 713. The number of benzene rings is 2. The van der Waals surface area contributed by atoms with Crippen molar-refractivity contribution >= 4 is 17.7 Å². The summed E-state index contributed by atoms with van der Waals surface area (Å²) in [6, 6.07) is 15.7. The molecular weight excluding hydrogens is 322 g/mol. The van der Waals surface area contributed by atoms with Crippen molar-refractivity contribution in [3.05, 3.63) is 54.1 Å². The average molecular weight is 343 g/mol. The Balaban J connectivity index is 1.51. The molecule has 0 bridgehead atoms. The number of hydrogen-bond donors (Lipinski definition) is 0. The van der Waals surface area contributed by atoms with E-state index in [2.05, 4.69) is 12.1 Å². The van der Waals surface area contributed by atoms with Crippen LogP contribution >= 0.6 is 11.8 Å². The zero-order valence-electron chi connectivity index (χ0n) is 13.9. The highest BCUT2D eigenvalue weighted by molar-refractivity contribution is 7.98. The number of carbonyl (C=O) groups is 1. The summed E-state index contributed by atoms with van der Waals surface area (Å²) < 4.78 is 11.2. The van der Waals surface area contributed by atoms with Gasteiger partial charge >= 0.3 is 0 Å². The molecule has 0 atom stereocenters. The van der Waals surface area contributed by atoms with Crippen molar-refractivity contribution in [2.45, 2.75) is 17.4 Å². The van der Waals surface area contributed by atoms with Gasteiger partial charge in [-0.2, -0.15) is 0 Å². The van der Waals surface area contributed by atoms with Gasteiger partial charge in [-0.1, -0.05) is 24.3 Å². The fraction of sp³-hybridized carbons (Fsp3) is 0.316. The van der Waals surface area contributed by atoms with Crippen molar-refractivity contribution in [1.29, 1.82) is 0 Å². The van der Waals surface area contributed by atoms with Gasteiger partial charge in [-0.15, -0.1) is 11.8 Å². The van der Waals surface area contributed by atoms with Crippen LogP contribution < -0.4 is 9.47 Å². The molecule has 0 aliphatic carbocycles. The minimum Gasteiger partial charge on any atom is -0.493 e. The normalized spacial score (nSPS) is 14.2. The summed E-state index contributed by atoms with van der Waals surface area (Å²) in [5, 5.41) is 0. The van der Waals surface area contributed by atoms with Crippen molar-refractivity contribution in [3.63, 3.8) is 0 Å². The SMILES string of the molecule is COc1ccccc1OC1CN(C(=O)Cc2cccc(SC)c2)C1. The first-order valence-electron chi connectivity index (χ1n) is 7.90. The molecule has 24 heavy (non-hydrogen) atoms. The third-order valence-corrected chi connectivity index (χ3v) is 4.78. The number of amides is 1. The summed E-state index contributed by atoms with van der Waals surface area (Å²) in [4.78, 5) is 15.4. The summed E-state index contributed by atoms with van der Waals surface area (Å²) in [6.45, 7) is 1.25. The lowest BCUT2D eigenvalue weighted by atomic mass is 10.1. The number of nitrogens with zero attached hydrogens (tertiary/aromatic N) is 1. The van der Waals surface area contributed by atoms with Crippen LogP contribution in [0.2, 0.25) is 0 Å². The molecule has 0 saturated carbocycles. The van der Waals surface area contributed by atoms with Gasteiger partial charge < -0.3 is 14.4 Å². The fourth-order valence-corrected chi connectivity index (χ4v) is 3.16. The Morgan fingerprint density at radius 1 is 1.17 bits per heavy atom. The number of methoxy groups -OCH3 is 1. The lowest BCUT2D eigenvalue weighted by Crippen LogP contribution is -2.56. The quantitative estimate of drug-likeness (QED) is 0.755. The van der Waals surface area contributed by atoms with Gasteiger partial charge in [0.2, 0.25) is 5.91 Å². The van der Waals surface area contributed by atoms with Crippen LogP contribution in [0.15, 0.2) is 53.4 Å². The minimum absolute atomic E-state index is 0.0304. The maximum atomic E-state index is 12.4. The van der Waals surface area contributed by atoms with E-state index in [1.807, 2.05) is 47.6 Å². The Morgan fingerprint density at radius 3 is 2.62 bits per heavy atom. The third-order valence-electron chi connectivity index (χ3n) is 4.05. The minimum atomic E-state index is 0.0304. The van der Waals surface area contributed by atoms with Crippen LogP contribution in [0.1, 0.15) is 5.56 Å². The van der Waals surface area contributed by atoms with Gasteiger partial charge in [0.05, 0.1) is 26.6 Å². The summed E-state index contributed by atoms with van der Waals surface area (Å²) in [6.07, 6.45) is 2.51. The van der Waals surface area contributed by atoms with Crippen LogP contribution in [0.4, 0.5) is 0 Å². The standard InChI is InChI=1S/C19H21NO3S/c1-22-17-8-3-4-9-18(17)23-15-12-20(13-15)19(21)11-14-6-5-7-16(10-14)24-2/h3-10,15H,11-13H2,1-2H3. The van der Waals surface area contributed by atoms with Crippen molar-refractivity contribution in [2.75, 3.05) is 26.5 Å². The number of para-hydroxylation sites is 2. The first-order valence-corrected chi connectivity index (χ1v) is 9.12. The van der Waals surface area contributed by atoms with E-state index in [9.17, 15) is 4.79 Å². The molecule has 5 heteroatoms. The Hall–Kier alpha value is -2.14. The predicted molar refractivity (Wildman–Crippen MR) is 95.9 cm³/mol. The monoisotopic (exact) mass is 343 g/mol. The van der Waals surface area contributed by atoms with Crippen LogP contribution in [-0.2, 0) is 11.2 Å². The molecule has 3 rings (SSSR count). The molecule has 0 aromatic heterocycles. The summed E-state index contributed by atoms with van der Waals surface area (Å²) in [7, 11) is 1.63. The van der Waals surface area contributed by atoms with Gasteiger partial charge in [-0.3, -0.25) is 4.79 Å². The molecule has 0 N–H and O–H groups in total. The number of thioether (sulfide) groups is 1. The largest absolute Gasteiger partial charge is 0.493 e. The molecule has 1 aliphatic rings.